The molecule has 16 heavy (non-hydrogen) atoms. The Balaban J connectivity index is 2.24. The van der Waals surface area contributed by atoms with Gasteiger partial charge < -0.3 is 4.90 Å². The van der Waals surface area contributed by atoms with Crippen LogP contribution in [0.2, 0.25) is 5.15 Å². The van der Waals surface area contributed by atoms with E-state index in [4.69, 9.17) is 11.6 Å². The van der Waals surface area contributed by atoms with Gasteiger partial charge in [0.15, 0.2) is 15.0 Å². The first-order valence-corrected chi connectivity index (χ1v) is 7.13. The number of nitrogens with zero attached hydrogens (tertiary/aromatic N) is 3. The van der Waals surface area contributed by atoms with E-state index in [0.717, 1.165) is 5.69 Å². The zero-order valence-corrected chi connectivity index (χ0v) is 10.4. The van der Waals surface area contributed by atoms with Gasteiger partial charge in [-0.05, 0) is 6.92 Å². The number of hydrogen-bond donors (Lipinski definition) is 0. The Morgan fingerprint density at radius 1 is 1.56 bits per heavy atom. The SMILES string of the molecule is CC1CS(=O)(=O)CCN1c1cnnc(Cl)c1. The van der Waals surface area contributed by atoms with Gasteiger partial charge in [0.05, 0.1) is 23.4 Å². The molecule has 88 valence electrons. The number of hydrogen-bond acceptors (Lipinski definition) is 5. The number of aromatic nitrogens is 2. The van der Waals surface area contributed by atoms with Crippen molar-refractivity contribution in [2.24, 2.45) is 0 Å². The van der Waals surface area contributed by atoms with Crippen LogP contribution in [0.25, 0.3) is 0 Å². The normalized spacial score (nSPS) is 24.4. The molecule has 0 amide bonds. The third-order valence-corrected chi connectivity index (χ3v) is 4.59. The lowest BCUT2D eigenvalue weighted by atomic mass is 10.3. The first-order chi connectivity index (χ1) is 7.48. The number of halogens is 1. The van der Waals surface area contributed by atoms with Crippen LogP contribution in [0.15, 0.2) is 12.3 Å². The maximum absolute atomic E-state index is 11.4. The summed E-state index contributed by atoms with van der Waals surface area (Å²) in [5.74, 6) is 0.351. The molecule has 1 fully saturated rings. The van der Waals surface area contributed by atoms with E-state index >= 15 is 0 Å². The molecule has 0 bridgehead atoms. The van der Waals surface area contributed by atoms with Crippen LogP contribution in [-0.2, 0) is 9.84 Å². The molecule has 0 N–H and O–H groups in total. The third-order valence-electron chi connectivity index (χ3n) is 2.61. The summed E-state index contributed by atoms with van der Waals surface area (Å²) >= 11 is 5.75. The molecule has 5 nitrogen and oxygen atoms in total. The van der Waals surface area contributed by atoms with E-state index in [2.05, 4.69) is 10.2 Å². The van der Waals surface area contributed by atoms with Crippen molar-refractivity contribution >= 4 is 27.1 Å². The van der Waals surface area contributed by atoms with Gasteiger partial charge in [0.2, 0.25) is 0 Å². The molecule has 1 aliphatic rings. The summed E-state index contributed by atoms with van der Waals surface area (Å²) in [5, 5.41) is 7.73. The topological polar surface area (TPSA) is 63.2 Å². The Labute approximate surface area is 99.3 Å². The molecule has 1 unspecified atom stereocenters. The predicted molar refractivity (Wildman–Crippen MR) is 62.5 cm³/mol. The fraction of sp³-hybridized carbons (Fsp3) is 0.556. The third kappa shape index (κ3) is 2.44. The summed E-state index contributed by atoms with van der Waals surface area (Å²) in [6, 6.07) is 1.64. The molecular weight excluding hydrogens is 250 g/mol. The summed E-state index contributed by atoms with van der Waals surface area (Å²) in [6.07, 6.45) is 1.60. The van der Waals surface area contributed by atoms with Gasteiger partial charge in [0, 0.05) is 18.7 Å². The lowest BCUT2D eigenvalue weighted by molar-refractivity contribution is 0.568. The number of rotatable bonds is 1. The van der Waals surface area contributed by atoms with Crippen molar-refractivity contribution in [1.29, 1.82) is 0 Å². The van der Waals surface area contributed by atoms with Crippen LogP contribution in [0.1, 0.15) is 6.92 Å². The molecule has 0 spiro atoms. The first-order valence-electron chi connectivity index (χ1n) is 4.93. The first kappa shape index (κ1) is 11.6. The van der Waals surface area contributed by atoms with Crippen LogP contribution in [0, 0.1) is 0 Å². The van der Waals surface area contributed by atoms with Gasteiger partial charge >= 0.3 is 0 Å². The van der Waals surface area contributed by atoms with Crippen LogP contribution < -0.4 is 4.90 Å². The summed E-state index contributed by atoms with van der Waals surface area (Å²) in [4.78, 5) is 1.99. The van der Waals surface area contributed by atoms with Crippen LogP contribution in [0.5, 0.6) is 0 Å². The van der Waals surface area contributed by atoms with E-state index in [9.17, 15) is 8.42 Å². The molecule has 1 saturated heterocycles. The average molecular weight is 262 g/mol. The summed E-state index contributed by atoms with van der Waals surface area (Å²) in [6.45, 7) is 2.36. The Morgan fingerprint density at radius 3 is 2.94 bits per heavy atom. The van der Waals surface area contributed by atoms with E-state index in [1.807, 2.05) is 11.8 Å². The predicted octanol–water partition coefficient (Wildman–Crippen LogP) is 0.753. The second-order valence-electron chi connectivity index (χ2n) is 3.89. The second kappa shape index (κ2) is 4.18. The van der Waals surface area contributed by atoms with E-state index in [1.54, 1.807) is 12.3 Å². The average Bonchev–Trinajstić information content (AvgIpc) is 2.15. The Morgan fingerprint density at radius 2 is 2.31 bits per heavy atom. The molecule has 2 rings (SSSR count). The van der Waals surface area contributed by atoms with Crippen molar-refractivity contribution in [3.05, 3.63) is 17.4 Å². The van der Waals surface area contributed by atoms with Crippen LogP contribution in [0.4, 0.5) is 5.69 Å². The minimum absolute atomic E-state index is 0.0565. The standard InChI is InChI=1S/C9H12ClN3O2S/c1-7-6-16(14,15)3-2-13(7)8-4-9(10)12-11-5-8/h4-5,7H,2-3,6H2,1H3. The van der Waals surface area contributed by atoms with Gasteiger partial charge in [-0.15, -0.1) is 5.10 Å². The molecule has 1 atom stereocenters. The van der Waals surface area contributed by atoms with Crippen LogP contribution >= 0.6 is 11.6 Å². The second-order valence-corrected chi connectivity index (χ2v) is 6.51. The van der Waals surface area contributed by atoms with Gasteiger partial charge in [0.25, 0.3) is 0 Å². The molecule has 0 aromatic carbocycles. The van der Waals surface area contributed by atoms with Gasteiger partial charge in [0.1, 0.15) is 0 Å². The van der Waals surface area contributed by atoms with Crippen molar-refractivity contribution in [2.45, 2.75) is 13.0 Å². The van der Waals surface area contributed by atoms with Crippen molar-refractivity contribution in [1.82, 2.24) is 10.2 Å². The minimum Gasteiger partial charge on any atom is -0.365 e. The molecule has 1 aromatic rings. The summed E-state index contributed by atoms with van der Waals surface area (Å²) in [7, 11) is -2.89. The fourth-order valence-electron chi connectivity index (χ4n) is 1.87. The Kier molecular flexibility index (Phi) is 3.03. The Hall–Kier alpha value is -0.880. The highest BCUT2D eigenvalue weighted by molar-refractivity contribution is 7.91. The smallest absolute Gasteiger partial charge is 0.154 e. The molecule has 1 aliphatic heterocycles. The monoisotopic (exact) mass is 261 g/mol. The highest BCUT2D eigenvalue weighted by Crippen LogP contribution is 2.22. The van der Waals surface area contributed by atoms with E-state index in [-0.39, 0.29) is 17.5 Å². The lowest BCUT2D eigenvalue weighted by Crippen LogP contribution is -2.47. The van der Waals surface area contributed by atoms with Crippen molar-refractivity contribution in [3.8, 4) is 0 Å². The molecule has 7 heteroatoms. The molecule has 0 aliphatic carbocycles. The maximum Gasteiger partial charge on any atom is 0.154 e. The summed E-state index contributed by atoms with van der Waals surface area (Å²) in [5.41, 5.74) is 0.822. The number of anilines is 1. The van der Waals surface area contributed by atoms with Crippen molar-refractivity contribution < 1.29 is 8.42 Å². The zero-order chi connectivity index (χ0) is 11.8. The largest absolute Gasteiger partial charge is 0.365 e. The van der Waals surface area contributed by atoms with E-state index in [0.29, 0.717) is 11.7 Å². The molecule has 2 heterocycles. The van der Waals surface area contributed by atoms with Gasteiger partial charge in [-0.25, -0.2) is 8.42 Å². The van der Waals surface area contributed by atoms with Crippen LogP contribution in [0.3, 0.4) is 0 Å². The molecule has 0 radical (unpaired) electrons. The molecule has 1 aromatic heterocycles. The summed E-state index contributed by atoms with van der Waals surface area (Å²) < 4.78 is 22.8. The maximum atomic E-state index is 11.4. The van der Waals surface area contributed by atoms with Gasteiger partial charge in [-0.1, -0.05) is 11.6 Å². The van der Waals surface area contributed by atoms with Crippen LogP contribution in [-0.4, -0.2) is 42.7 Å². The fourth-order valence-corrected chi connectivity index (χ4v) is 3.58. The minimum atomic E-state index is -2.89. The van der Waals surface area contributed by atoms with E-state index in [1.165, 1.54) is 0 Å². The van der Waals surface area contributed by atoms with Gasteiger partial charge in [-0.2, -0.15) is 5.10 Å². The molecule has 0 saturated carbocycles. The highest BCUT2D eigenvalue weighted by atomic mass is 35.5. The van der Waals surface area contributed by atoms with Crippen molar-refractivity contribution in [3.63, 3.8) is 0 Å². The quantitative estimate of drug-likeness (QED) is 0.747. The number of sulfone groups is 1. The lowest BCUT2D eigenvalue weighted by Gasteiger charge is -2.34. The highest BCUT2D eigenvalue weighted by Gasteiger charge is 2.28. The Bertz CT molecular complexity index is 491. The van der Waals surface area contributed by atoms with E-state index < -0.39 is 9.84 Å². The molecular formula is C9H12ClN3O2S. The van der Waals surface area contributed by atoms with Crippen molar-refractivity contribution in [2.75, 3.05) is 23.0 Å². The van der Waals surface area contributed by atoms with Gasteiger partial charge in [-0.3, -0.25) is 0 Å². The zero-order valence-electron chi connectivity index (χ0n) is 8.80.